The number of phenolic OH excluding ortho intramolecular Hbond substituents is 1. The Morgan fingerprint density at radius 2 is 1.73 bits per heavy atom. The third kappa shape index (κ3) is 6.04. The van der Waals surface area contributed by atoms with E-state index in [-0.39, 0.29) is 29.8 Å². The van der Waals surface area contributed by atoms with Gasteiger partial charge in [-0.05, 0) is 41.5 Å². The van der Waals surface area contributed by atoms with Gasteiger partial charge in [0.2, 0.25) is 11.8 Å². The van der Waals surface area contributed by atoms with Crippen LogP contribution in [0.1, 0.15) is 33.9 Å². The summed E-state index contributed by atoms with van der Waals surface area (Å²) in [6.07, 6.45) is -0.285. The Bertz CT molecular complexity index is 1330. The Kier molecular flexibility index (Phi) is 7.38. The normalized spacial score (nSPS) is 15.8. The van der Waals surface area contributed by atoms with Crippen LogP contribution >= 0.6 is 0 Å². The molecule has 0 bridgehead atoms. The first-order chi connectivity index (χ1) is 17.7. The maximum absolute atomic E-state index is 13.6. The third-order valence-electron chi connectivity index (χ3n) is 6.07. The number of nitrogen functional groups attached to an aromatic ring is 1. The molecule has 1 aliphatic heterocycles. The number of hydrogen-bond acceptors (Lipinski definition) is 6. The van der Waals surface area contributed by atoms with Crippen molar-refractivity contribution in [2.24, 2.45) is 0 Å². The quantitative estimate of drug-likeness (QED) is 0.295. The minimum Gasteiger partial charge on any atom is -0.508 e. The maximum Gasteiger partial charge on any atom is 0.305 e. The summed E-state index contributed by atoms with van der Waals surface area (Å²) in [6.45, 7) is -0.494. The summed E-state index contributed by atoms with van der Waals surface area (Å²) < 4.78 is 0. The van der Waals surface area contributed by atoms with Gasteiger partial charge in [-0.15, -0.1) is 0 Å². The average molecular weight is 503 g/mol. The van der Waals surface area contributed by atoms with Crippen molar-refractivity contribution in [3.63, 3.8) is 0 Å². The highest BCUT2D eigenvalue weighted by Crippen LogP contribution is 2.27. The number of phenols is 1. The van der Waals surface area contributed by atoms with Crippen molar-refractivity contribution in [2.75, 3.05) is 17.6 Å². The second-order valence-electron chi connectivity index (χ2n) is 8.74. The van der Waals surface area contributed by atoms with E-state index in [1.807, 2.05) is 0 Å². The molecule has 1 heterocycles. The molecular weight excluding hydrogens is 476 g/mol. The van der Waals surface area contributed by atoms with Gasteiger partial charge in [0.25, 0.3) is 5.91 Å². The first-order valence-electron chi connectivity index (χ1n) is 11.6. The van der Waals surface area contributed by atoms with Crippen molar-refractivity contribution in [3.05, 3.63) is 89.5 Å². The smallest absolute Gasteiger partial charge is 0.305 e. The zero-order valence-electron chi connectivity index (χ0n) is 19.8. The lowest BCUT2D eigenvalue weighted by atomic mass is 10.0. The van der Waals surface area contributed by atoms with Gasteiger partial charge in [0, 0.05) is 12.1 Å². The van der Waals surface area contributed by atoms with Crippen LogP contribution in [-0.2, 0) is 20.8 Å². The van der Waals surface area contributed by atoms with Crippen molar-refractivity contribution in [1.82, 2.24) is 10.2 Å². The van der Waals surface area contributed by atoms with Crippen LogP contribution in [0.2, 0.25) is 0 Å². The number of hydrogen-bond donors (Lipinski definition) is 5. The summed E-state index contributed by atoms with van der Waals surface area (Å²) in [5.74, 6) is -2.75. The fraction of sp³-hybridized carbons (Fsp3) is 0.185. The highest BCUT2D eigenvalue weighted by molar-refractivity contribution is 6.11. The maximum atomic E-state index is 13.6. The van der Waals surface area contributed by atoms with Crippen LogP contribution in [-0.4, -0.2) is 51.4 Å². The molecule has 0 spiro atoms. The molecule has 190 valence electrons. The summed E-state index contributed by atoms with van der Waals surface area (Å²) in [4.78, 5) is 52.7. The number of aliphatic carboxylic acids is 1. The van der Waals surface area contributed by atoms with Crippen molar-refractivity contribution >= 4 is 35.1 Å². The monoisotopic (exact) mass is 502 g/mol. The van der Waals surface area contributed by atoms with E-state index in [9.17, 15) is 29.4 Å². The number of anilines is 2. The number of rotatable bonds is 8. The molecule has 6 N–H and O–H groups in total. The van der Waals surface area contributed by atoms with E-state index < -0.39 is 42.3 Å². The van der Waals surface area contributed by atoms with Crippen LogP contribution in [0.15, 0.2) is 72.8 Å². The Balaban J connectivity index is 1.65. The highest BCUT2D eigenvalue weighted by Gasteiger charge is 2.37. The largest absolute Gasteiger partial charge is 0.508 e. The molecule has 2 atom stereocenters. The fourth-order valence-electron chi connectivity index (χ4n) is 4.25. The van der Waals surface area contributed by atoms with Crippen LogP contribution in [0.25, 0.3) is 0 Å². The summed E-state index contributed by atoms with van der Waals surface area (Å²) in [5.41, 5.74) is 7.87. The molecule has 0 aliphatic carbocycles. The van der Waals surface area contributed by atoms with Crippen LogP contribution in [0, 0.1) is 0 Å². The number of carbonyl (C=O) groups is 4. The number of nitrogens with two attached hydrogens (primary N) is 1. The van der Waals surface area contributed by atoms with Crippen molar-refractivity contribution in [2.45, 2.75) is 24.9 Å². The lowest BCUT2D eigenvalue weighted by Crippen LogP contribution is -2.51. The summed E-state index contributed by atoms with van der Waals surface area (Å²) in [6, 6.07) is 17.4. The molecular formula is C27H26N4O6. The molecule has 1 aliphatic rings. The topological polar surface area (TPSA) is 162 Å². The number of carboxylic acids is 1. The number of benzene rings is 3. The van der Waals surface area contributed by atoms with E-state index in [0.717, 1.165) is 4.90 Å². The first-order valence-corrected chi connectivity index (χ1v) is 11.6. The van der Waals surface area contributed by atoms with Gasteiger partial charge in [0.05, 0.1) is 23.7 Å². The van der Waals surface area contributed by atoms with Gasteiger partial charge in [-0.3, -0.25) is 19.2 Å². The van der Waals surface area contributed by atoms with Crippen LogP contribution < -0.4 is 16.4 Å². The zero-order chi connectivity index (χ0) is 26.5. The van der Waals surface area contributed by atoms with Gasteiger partial charge in [0.1, 0.15) is 18.3 Å². The molecule has 0 saturated carbocycles. The van der Waals surface area contributed by atoms with E-state index in [1.165, 1.54) is 24.3 Å². The highest BCUT2D eigenvalue weighted by atomic mass is 16.4. The van der Waals surface area contributed by atoms with Crippen LogP contribution in [0.4, 0.5) is 11.4 Å². The van der Waals surface area contributed by atoms with Gasteiger partial charge in [-0.1, -0.05) is 42.5 Å². The number of amides is 3. The Hall–Kier alpha value is -4.86. The molecule has 10 heteroatoms. The van der Waals surface area contributed by atoms with E-state index in [4.69, 9.17) is 5.73 Å². The molecule has 10 nitrogen and oxygen atoms in total. The van der Waals surface area contributed by atoms with E-state index in [0.29, 0.717) is 16.8 Å². The Morgan fingerprint density at radius 3 is 2.41 bits per heavy atom. The summed E-state index contributed by atoms with van der Waals surface area (Å²) >= 11 is 0. The van der Waals surface area contributed by atoms with E-state index in [1.54, 1.807) is 48.5 Å². The van der Waals surface area contributed by atoms with Crippen LogP contribution in [0.5, 0.6) is 5.75 Å². The number of fused-ring (bicyclic) bond motifs is 1. The predicted molar refractivity (Wildman–Crippen MR) is 136 cm³/mol. The van der Waals surface area contributed by atoms with Gasteiger partial charge >= 0.3 is 5.97 Å². The molecule has 0 fully saturated rings. The van der Waals surface area contributed by atoms with Crippen molar-refractivity contribution in [3.8, 4) is 5.75 Å². The number of carboxylic acid groups (broad SMARTS) is 1. The van der Waals surface area contributed by atoms with Gasteiger partial charge in [0.15, 0.2) is 0 Å². The third-order valence-corrected chi connectivity index (χ3v) is 6.07. The number of aromatic hydroxyl groups is 1. The molecule has 0 aromatic heterocycles. The van der Waals surface area contributed by atoms with Gasteiger partial charge in [-0.25, -0.2) is 0 Å². The number of carbonyl (C=O) groups excluding carboxylic acids is 3. The molecule has 4 rings (SSSR count). The molecule has 0 radical (unpaired) electrons. The van der Waals surface area contributed by atoms with Crippen molar-refractivity contribution < 1.29 is 29.4 Å². The second-order valence-corrected chi connectivity index (χ2v) is 8.74. The standard InChI is InChI=1S/C27H26N4O6/c28-18-8-11-21-20(13-18)27(37)31(23(26(36)30-21)12-16-6-9-19(32)10-7-16)15-24(33)29-22(14-25(34)35)17-4-2-1-3-5-17/h1-11,13,22-23,32H,12,14-15,28H2,(H,29,33)(H,30,36)(H,34,35). The molecule has 3 amide bonds. The average Bonchev–Trinajstić information content (AvgIpc) is 2.95. The molecule has 37 heavy (non-hydrogen) atoms. The minimum absolute atomic E-state index is 0.0506. The van der Waals surface area contributed by atoms with Gasteiger partial charge < -0.3 is 31.5 Å². The van der Waals surface area contributed by atoms with E-state index in [2.05, 4.69) is 10.6 Å². The van der Waals surface area contributed by atoms with E-state index >= 15 is 0 Å². The minimum atomic E-state index is -1.10. The molecule has 3 aromatic carbocycles. The van der Waals surface area contributed by atoms with Gasteiger partial charge in [-0.2, -0.15) is 0 Å². The zero-order valence-corrected chi connectivity index (χ0v) is 19.8. The Labute approximate surface area is 212 Å². The number of nitrogens with zero attached hydrogens (tertiary/aromatic N) is 1. The lowest BCUT2D eigenvalue weighted by molar-refractivity contribution is -0.137. The summed E-state index contributed by atoms with van der Waals surface area (Å²) in [7, 11) is 0. The Morgan fingerprint density at radius 1 is 1.03 bits per heavy atom. The lowest BCUT2D eigenvalue weighted by Gasteiger charge is -2.29. The molecule has 3 aromatic rings. The fourth-order valence-corrected chi connectivity index (χ4v) is 4.25. The van der Waals surface area contributed by atoms with Crippen molar-refractivity contribution in [1.29, 1.82) is 0 Å². The predicted octanol–water partition coefficient (Wildman–Crippen LogP) is 2.31. The number of nitrogens with one attached hydrogen (secondary N) is 2. The first kappa shape index (κ1) is 25.2. The van der Waals surface area contributed by atoms with Crippen LogP contribution in [0.3, 0.4) is 0 Å². The SMILES string of the molecule is Nc1ccc2c(c1)C(=O)N(CC(=O)NC(CC(=O)O)c1ccccc1)C(Cc1ccc(O)cc1)C(=O)N2. The second kappa shape index (κ2) is 10.8. The molecule has 0 saturated heterocycles. The molecule has 2 unspecified atom stereocenters. The summed E-state index contributed by atoms with van der Waals surface area (Å²) in [5, 5.41) is 24.4.